The zero-order valence-electron chi connectivity index (χ0n) is 18.8. The van der Waals surface area contributed by atoms with Gasteiger partial charge in [0.2, 0.25) is 0 Å². The van der Waals surface area contributed by atoms with E-state index in [1.807, 2.05) is 4.90 Å². The summed E-state index contributed by atoms with van der Waals surface area (Å²) in [4.78, 5) is 29.8. The molecule has 2 heterocycles. The topological polar surface area (TPSA) is 74.3 Å². The quantitative estimate of drug-likeness (QED) is 0.618. The van der Waals surface area contributed by atoms with Crippen molar-refractivity contribution in [3.63, 3.8) is 0 Å². The number of nitrogens with zero attached hydrogens (tertiary/aromatic N) is 3. The highest BCUT2D eigenvalue weighted by atomic mass is 32.1. The third-order valence-corrected chi connectivity index (χ3v) is 5.69. The molecule has 0 spiro atoms. The molecule has 0 saturated carbocycles. The number of carbonyl (C=O) groups is 2. The number of cyclic esters (lactones) is 1. The molecule has 2 aliphatic rings. The lowest BCUT2D eigenvalue weighted by Gasteiger charge is -2.35. The van der Waals surface area contributed by atoms with E-state index in [-0.39, 0.29) is 12.2 Å². The number of ether oxygens (including phenoxy) is 2. The normalized spacial score (nSPS) is 18.7. The van der Waals surface area contributed by atoms with E-state index < -0.39 is 11.9 Å². The minimum atomic E-state index is -0.498. The highest BCUT2D eigenvalue weighted by molar-refractivity contribution is 7.80. The van der Waals surface area contributed by atoms with E-state index in [2.05, 4.69) is 19.2 Å². The van der Waals surface area contributed by atoms with Crippen molar-refractivity contribution in [3.8, 4) is 0 Å². The summed E-state index contributed by atoms with van der Waals surface area (Å²) in [5, 5.41) is 3.14. The summed E-state index contributed by atoms with van der Waals surface area (Å²) in [5.74, 6) is 0.0341. The third kappa shape index (κ3) is 5.99. The van der Waals surface area contributed by atoms with Gasteiger partial charge in [-0.05, 0) is 31.0 Å². The first-order valence-corrected chi connectivity index (χ1v) is 11.4. The van der Waals surface area contributed by atoms with Gasteiger partial charge < -0.3 is 24.6 Å². The Kier molecular flexibility index (Phi) is 8.11. The Hall–Kier alpha value is -2.62. The average molecular weight is 467 g/mol. The summed E-state index contributed by atoms with van der Waals surface area (Å²) in [6.07, 6.45) is -0.418. The van der Waals surface area contributed by atoms with Gasteiger partial charge in [0.05, 0.1) is 36.1 Å². The van der Waals surface area contributed by atoms with Crippen LogP contribution in [0.1, 0.15) is 27.2 Å². The van der Waals surface area contributed by atoms with Crippen molar-refractivity contribution in [2.24, 2.45) is 5.92 Å². The zero-order chi connectivity index (χ0) is 23.3. The Morgan fingerprint density at radius 1 is 1.31 bits per heavy atom. The van der Waals surface area contributed by atoms with Crippen LogP contribution in [-0.2, 0) is 9.47 Å². The lowest BCUT2D eigenvalue weighted by molar-refractivity contribution is 0.105. The molecule has 10 heteroatoms. The zero-order valence-corrected chi connectivity index (χ0v) is 19.6. The number of halogens is 1. The predicted molar refractivity (Wildman–Crippen MR) is 125 cm³/mol. The fraction of sp³-hybridized carbons (Fsp3) is 0.591. The van der Waals surface area contributed by atoms with Crippen LogP contribution in [0.25, 0.3) is 0 Å². The smallest absolute Gasteiger partial charge is 0.414 e. The van der Waals surface area contributed by atoms with E-state index in [0.29, 0.717) is 63.2 Å². The molecule has 1 aromatic rings. The maximum absolute atomic E-state index is 14.9. The number of anilines is 2. The molecule has 1 aromatic carbocycles. The van der Waals surface area contributed by atoms with Gasteiger partial charge in [-0.15, -0.1) is 0 Å². The van der Waals surface area contributed by atoms with Crippen LogP contribution in [0, 0.1) is 11.7 Å². The Labute approximate surface area is 193 Å². The molecule has 8 nitrogen and oxygen atoms in total. The molecule has 32 heavy (non-hydrogen) atoms. The van der Waals surface area contributed by atoms with E-state index in [4.69, 9.17) is 21.7 Å². The van der Waals surface area contributed by atoms with Crippen molar-refractivity contribution in [1.82, 2.24) is 10.2 Å². The monoisotopic (exact) mass is 466 g/mol. The minimum Gasteiger partial charge on any atom is -0.450 e. The van der Waals surface area contributed by atoms with Crippen LogP contribution in [-0.4, -0.2) is 74.1 Å². The summed E-state index contributed by atoms with van der Waals surface area (Å²) in [7, 11) is 0. The van der Waals surface area contributed by atoms with E-state index in [0.717, 1.165) is 11.4 Å². The largest absolute Gasteiger partial charge is 0.450 e. The molecular formula is C22H31FN4O4S. The number of hydrogen-bond acceptors (Lipinski definition) is 6. The lowest BCUT2D eigenvalue weighted by atomic mass is 10.1. The molecule has 1 unspecified atom stereocenters. The van der Waals surface area contributed by atoms with Gasteiger partial charge in [0.25, 0.3) is 0 Å². The molecule has 1 N–H and O–H groups in total. The van der Waals surface area contributed by atoms with Crippen molar-refractivity contribution in [1.29, 1.82) is 0 Å². The summed E-state index contributed by atoms with van der Waals surface area (Å²) < 4.78 is 25.3. The van der Waals surface area contributed by atoms with Crippen LogP contribution in [0.4, 0.5) is 25.4 Å². The standard InChI is InChI=1S/C22H31FN4O4S/c1-4-30-21(28)26-9-7-25(8-10-26)19-6-5-16(12-18(19)23)27-14-17(31-22(27)29)13-24-20(32)11-15(2)3/h5-6,12,15,17H,4,7-11,13-14H2,1-3H3,(H,24,32). The average Bonchev–Trinajstić information content (AvgIpc) is 3.12. The molecule has 176 valence electrons. The van der Waals surface area contributed by atoms with Gasteiger partial charge in [0.1, 0.15) is 11.9 Å². The van der Waals surface area contributed by atoms with Crippen LogP contribution < -0.4 is 15.1 Å². The van der Waals surface area contributed by atoms with E-state index in [1.54, 1.807) is 24.0 Å². The molecule has 2 amide bonds. The molecular weight excluding hydrogens is 435 g/mol. The maximum Gasteiger partial charge on any atom is 0.414 e. The summed E-state index contributed by atoms with van der Waals surface area (Å²) >= 11 is 5.30. The number of benzene rings is 1. The first-order chi connectivity index (χ1) is 15.3. The van der Waals surface area contributed by atoms with Crippen molar-refractivity contribution in [2.75, 3.05) is 55.7 Å². The number of hydrogen-bond donors (Lipinski definition) is 1. The number of piperazine rings is 1. The number of amides is 2. The van der Waals surface area contributed by atoms with Gasteiger partial charge in [-0.1, -0.05) is 26.1 Å². The number of rotatable bonds is 7. The summed E-state index contributed by atoms with van der Waals surface area (Å²) in [6, 6.07) is 4.74. The molecule has 0 radical (unpaired) electrons. The SMILES string of the molecule is CCOC(=O)N1CCN(c2ccc(N3CC(CNC(=S)CC(C)C)OC3=O)cc2F)CC1. The van der Waals surface area contributed by atoms with Crippen molar-refractivity contribution < 1.29 is 23.5 Å². The van der Waals surface area contributed by atoms with Crippen molar-refractivity contribution in [3.05, 3.63) is 24.0 Å². The van der Waals surface area contributed by atoms with Crippen LogP contribution in [0.3, 0.4) is 0 Å². The first-order valence-electron chi connectivity index (χ1n) is 11.0. The van der Waals surface area contributed by atoms with E-state index >= 15 is 0 Å². The molecule has 0 aromatic heterocycles. The Morgan fingerprint density at radius 3 is 2.66 bits per heavy atom. The predicted octanol–water partition coefficient (Wildman–Crippen LogP) is 3.39. The van der Waals surface area contributed by atoms with Gasteiger partial charge in [0.15, 0.2) is 0 Å². The van der Waals surface area contributed by atoms with E-state index in [1.165, 1.54) is 11.0 Å². The second-order valence-electron chi connectivity index (χ2n) is 8.33. The van der Waals surface area contributed by atoms with E-state index in [9.17, 15) is 14.0 Å². The Morgan fingerprint density at radius 2 is 2.03 bits per heavy atom. The summed E-state index contributed by atoms with van der Waals surface area (Å²) in [5.41, 5.74) is 0.899. The Bertz CT molecular complexity index is 845. The Balaban J connectivity index is 1.56. The fourth-order valence-corrected chi connectivity index (χ4v) is 4.19. The molecule has 1 atom stereocenters. The number of nitrogens with one attached hydrogen (secondary N) is 1. The molecule has 0 bridgehead atoms. The molecule has 2 aliphatic heterocycles. The molecule has 2 saturated heterocycles. The molecule has 0 aliphatic carbocycles. The van der Waals surface area contributed by atoms with Gasteiger partial charge in [-0.3, -0.25) is 4.90 Å². The highest BCUT2D eigenvalue weighted by Crippen LogP contribution is 2.28. The molecule has 3 rings (SSSR count). The van der Waals surface area contributed by atoms with Crippen LogP contribution in [0.15, 0.2) is 18.2 Å². The number of carbonyl (C=O) groups excluding carboxylic acids is 2. The second kappa shape index (κ2) is 10.8. The van der Waals surface area contributed by atoms with Gasteiger partial charge in [-0.2, -0.15) is 0 Å². The maximum atomic E-state index is 14.9. The first kappa shape index (κ1) is 24.0. The lowest BCUT2D eigenvalue weighted by Crippen LogP contribution is -2.49. The van der Waals surface area contributed by atoms with Crippen LogP contribution in [0.5, 0.6) is 0 Å². The van der Waals surface area contributed by atoms with Gasteiger partial charge in [0, 0.05) is 32.6 Å². The van der Waals surface area contributed by atoms with Gasteiger partial charge in [-0.25, -0.2) is 14.0 Å². The number of thiocarbonyl (C=S) groups is 1. The van der Waals surface area contributed by atoms with Crippen molar-refractivity contribution in [2.45, 2.75) is 33.3 Å². The fourth-order valence-electron chi connectivity index (χ4n) is 3.77. The highest BCUT2D eigenvalue weighted by Gasteiger charge is 2.33. The van der Waals surface area contributed by atoms with Crippen LogP contribution >= 0.6 is 12.2 Å². The second-order valence-corrected chi connectivity index (χ2v) is 8.82. The third-order valence-electron chi connectivity index (χ3n) is 5.38. The van der Waals surface area contributed by atoms with Crippen LogP contribution in [0.2, 0.25) is 0 Å². The van der Waals surface area contributed by atoms with Crippen molar-refractivity contribution >= 4 is 40.8 Å². The molecule has 2 fully saturated rings. The van der Waals surface area contributed by atoms with Gasteiger partial charge >= 0.3 is 12.2 Å². The minimum absolute atomic E-state index is 0.327. The summed E-state index contributed by atoms with van der Waals surface area (Å²) in [6.45, 7) is 8.96.